The third-order valence-corrected chi connectivity index (χ3v) is 4.17. The molecule has 2 aromatic carbocycles. The molecule has 3 aromatic rings. The second kappa shape index (κ2) is 7.99. The number of aromatic nitrogens is 1. The van der Waals surface area contributed by atoms with Crippen molar-refractivity contribution in [3.8, 4) is 11.1 Å². The first kappa shape index (κ1) is 17.9. The minimum atomic E-state index is -0.558. The Balaban J connectivity index is 1.65. The molecule has 0 unspecified atom stereocenters. The summed E-state index contributed by atoms with van der Waals surface area (Å²) in [6.45, 7) is 0. The predicted octanol–water partition coefficient (Wildman–Crippen LogP) is 4.13. The monoisotopic (exact) mass is 385 g/mol. The maximum Gasteiger partial charge on any atom is 0.271 e. The van der Waals surface area contributed by atoms with Gasteiger partial charge >= 0.3 is 0 Å². The molecule has 0 spiro atoms. The van der Waals surface area contributed by atoms with Gasteiger partial charge in [0.1, 0.15) is 0 Å². The van der Waals surface area contributed by atoms with Crippen LogP contribution in [0, 0.1) is 0 Å². The number of hydrazine groups is 1. The Morgan fingerprint density at radius 1 is 0.846 bits per heavy atom. The summed E-state index contributed by atoms with van der Waals surface area (Å²) in [6.07, 6.45) is 3.43. The Kier molecular flexibility index (Phi) is 5.51. The molecule has 1 aromatic heterocycles. The lowest BCUT2D eigenvalue weighted by Gasteiger charge is -2.09. The van der Waals surface area contributed by atoms with E-state index in [-0.39, 0.29) is 10.6 Å². The molecule has 0 saturated carbocycles. The van der Waals surface area contributed by atoms with Crippen molar-refractivity contribution in [3.63, 3.8) is 0 Å². The van der Waals surface area contributed by atoms with Crippen LogP contribution >= 0.6 is 23.2 Å². The summed E-state index contributed by atoms with van der Waals surface area (Å²) in [5.41, 5.74) is 7.12. The van der Waals surface area contributed by atoms with Gasteiger partial charge in [-0.15, -0.1) is 0 Å². The number of nitrogens with zero attached hydrogens (tertiary/aromatic N) is 1. The topological polar surface area (TPSA) is 71.1 Å². The zero-order valence-electron chi connectivity index (χ0n) is 13.4. The Labute approximate surface area is 159 Å². The summed E-state index contributed by atoms with van der Waals surface area (Å²) in [7, 11) is 0. The molecule has 0 radical (unpaired) electrons. The fourth-order valence-corrected chi connectivity index (χ4v) is 2.65. The van der Waals surface area contributed by atoms with Gasteiger partial charge in [0, 0.05) is 23.0 Å². The van der Waals surface area contributed by atoms with Gasteiger partial charge in [0.2, 0.25) is 0 Å². The van der Waals surface area contributed by atoms with Crippen LogP contribution in [0.5, 0.6) is 0 Å². The van der Waals surface area contributed by atoms with Crippen molar-refractivity contribution in [2.45, 2.75) is 0 Å². The second-order valence-electron chi connectivity index (χ2n) is 5.35. The molecule has 0 atom stereocenters. The van der Waals surface area contributed by atoms with E-state index in [9.17, 15) is 9.59 Å². The number of carbonyl (C=O) groups excluding carboxylic acids is 2. The number of rotatable bonds is 3. The SMILES string of the molecule is O=C(NNC(=O)c1cc(Cl)ccc1Cl)c1ccc(-c2cccnc2)cc1. The smallest absolute Gasteiger partial charge is 0.267 e. The van der Waals surface area contributed by atoms with E-state index in [1.807, 2.05) is 24.3 Å². The number of hydrogen-bond acceptors (Lipinski definition) is 3. The van der Waals surface area contributed by atoms with Crippen molar-refractivity contribution in [1.82, 2.24) is 15.8 Å². The zero-order valence-corrected chi connectivity index (χ0v) is 14.9. The Morgan fingerprint density at radius 2 is 1.58 bits per heavy atom. The summed E-state index contributed by atoms with van der Waals surface area (Å²) in [5.74, 6) is -1.01. The van der Waals surface area contributed by atoms with Gasteiger partial charge < -0.3 is 0 Å². The molecule has 130 valence electrons. The number of hydrogen-bond donors (Lipinski definition) is 2. The molecular formula is C19H13Cl2N3O2. The van der Waals surface area contributed by atoms with Gasteiger partial charge in [-0.2, -0.15) is 0 Å². The number of nitrogens with one attached hydrogen (secondary N) is 2. The molecule has 26 heavy (non-hydrogen) atoms. The van der Waals surface area contributed by atoms with E-state index < -0.39 is 11.8 Å². The molecule has 1 heterocycles. The molecule has 2 N–H and O–H groups in total. The Hall–Kier alpha value is -2.89. The molecule has 0 aliphatic rings. The van der Waals surface area contributed by atoms with Gasteiger partial charge in [-0.3, -0.25) is 25.4 Å². The lowest BCUT2D eigenvalue weighted by Crippen LogP contribution is -2.41. The maximum atomic E-state index is 12.2. The van der Waals surface area contributed by atoms with Crippen molar-refractivity contribution < 1.29 is 9.59 Å². The first-order valence-electron chi connectivity index (χ1n) is 7.61. The van der Waals surface area contributed by atoms with Gasteiger partial charge in [-0.25, -0.2) is 0 Å². The summed E-state index contributed by atoms with van der Waals surface area (Å²) in [6, 6.07) is 15.2. The largest absolute Gasteiger partial charge is 0.271 e. The third kappa shape index (κ3) is 4.20. The minimum Gasteiger partial charge on any atom is -0.267 e. The van der Waals surface area contributed by atoms with Gasteiger partial charge in [0.15, 0.2) is 0 Å². The van der Waals surface area contributed by atoms with Crippen LogP contribution in [0.25, 0.3) is 11.1 Å². The highest BCUT2D eigenvalue weighted by Gasteiger charge is 2.13. The summed E-state index contributed by atoms with van der Waals surface area (Å²) >= 11 is 11.8. The van der Waals surface area contributed by atoms with Crippen molar-refractivity contribution >= 4 is 35.0 Å². The molecule has 0 saturated heterocycles. The average Bonchev–Trinajstić information content (AvgIpc) is 2.68. The Bertz CT molecular complexity index is 945. The quantitative estimate of drug-likeness (QED) is 0.665. The molecular weight excluding hydrogens is 373 g/mol. The number of halogens is 2. The number of benzene rings is 2. The van der Waals surface area contributed by atoms with E-state index in [2.05, 4.69) is 15.8 Å². The zero-order chi connectivity index (χ0) is 18.5. The first-order chi connectivity index (χ1) is 12.5. The van der Waals surface area contributed by atoms with Crippen LogP contribution in [-0.2, 0) is 0 Å². The van der Waals surface area contributed by atoms with Crippen LogP contribution < -0.4 is 10.9 Å². The summed E-state index contributed by atoms with van der Waals surface area (Å²) < 4.78 is 0. The molecule has 0 aliphatic heterocycles. The highest BCUT2D eigenvalue weighted by atomic mass is 35.5. The van der Waals surface area contributed by atoms with E-state index in [1.54, 1.807) is 30.6 Å². The molecule has 0 fully saturated rings. The lowest BCUT2D eigenvalue weighted by molar-refractivity contribution is 0.0847. The fraction of sp³-hybridized carbons (Fsp3) is 0. The predicted molar refractivity (Wildman–Crippen MR) is 101 cm³/mol. The van der Waals surface area contributed by atoms with E-state index in [1.165, 1.54) is 12.1 Å². The normalized spacial score (nSPS) is 10.2. The molecule has 2 amide bonds. The van der Waals surface area contributed by atoms with Crippen LogP contribution in [-0.4, -0.2) is 16.8 Å². The summed E-state index contributed by atoms with van der Waals surface area (Å²) in [4.78, 5) is 28.4. The molecule has 3 rings (SSSR count). The lowest BCUT2D eigenvalue weighted by atomic mass is 10.1. The van der Waals surface area contributed by atoms with E-state index in [0.29, 0.717) is 10.6 Å². The maximum absolute atomic E-state index is 12.2. The average molecular weight is 386 g/mol. The standard InChI is InChI=1S/C19H13Cl2N3O2/c20-15-7-8-17(21)16(10-15)19(26)24-23-18(25)13-5-3-12(4-6-13)14-2-1-9-22-11-14/h1-11H,(H,23,25)(H,24,26). The van der Waals surface area contributed by atoms with Crippen LogP contribution in [0.2, 0.25) is 10.0 Å². The van der Waals surface area contributed by atoms with Gasteiger partial charge in [-0.05, 0) is 47.5 Å². The minimum absolute atomic E-state index is 0.173. The highest BCUT2D eigenvalue weighted by molar-refractivity contribution is 6.35. The molecule has 7 heteroatoms. The van der Waals surface area contributed by atoms with E-state index in [4.69, 9.17) is 23.2 Å². The van der Waals surface area contributed by atoms with Crippen LogP contribution in [0.3, 0.4) is 0 Å². The number of amides is 2. The van der Waals surface area contributed by atoms with Gasteiger partial charge in [-0.1, -0.05) is 41.4 Å². The fourth-order valence-electron chi connectivity index (χ4n) is 2.27. The third-order valence-electron chi connectivity index (χ3n) is 3.60. The van der Waals surface area contributed by atoms with E-state index >= 15 is 0 Å². The number of carbonyl (C=O) groups is 2. The first-order valence-corrected chi connectivity index (χ1v) is 8.36. The van der Waals surface area contributed by atoms with Crippen LogP contribution in [0.4, 0.5) is 0 Å². The van der Waals surface area contributed by atoms with Crippen LogP contribution in [0.1, 0.15) is 20.7 Å². The molecule has 0 aliphatic carbocycles. The molecule has 0 bridgehead atoms. The van der Waals surface area contributed by atoms with Crippen molar-refractivity contribution in [1.29, 1.82) is 0 Å². The molecule has 5 nitrogen and oxygen atoms in total. The second-order valence-corrected chi connectivity index (χ2v) is 6.20. The van der Waals surface area contributed by atoms with Crippen molar-refractivity contribution in [3.05, 3.63) is 88.2 Å². The van der Waals surface area contributed by atoms with Gasteiger partial charge in [0.05, 0.1) is 10.6 Å². The van der Waals surface area contributed by atoms with Crippen molar-refractivity contribution in [2.24, 2.45) is 0 Å². The number of pyridine rings is 1. The van der Waals surface area contributed by atoms with E-state index in [0.717, 1.165) is 11.1 Å². The Morgan fingerprint density at radius 3 is 2.27 bits per heavy atom. The summed E-state index contributed by atoms with van der Waals surface area (Å²) in [5, 5.41) is 0.610. The van der Waals surface area contributed by atoms with Crippen molar-refractivity contribution in [2.75, 3.05) is 0 Å². The van der Waals surface area contributed by atoms with Crippen LogP contribution in [0.15, 0.2) is 67.0 Å². The highest BCUT2D eigenvalue weighted by Crippen LogP contribution is 2.20. The van der Waals surface area contributed by atoms with Gasteiger partial charge in [0.25, 0.3) is 11.8 Å².